The number of amides is 1. The second-order valence-electron chi connectivity index (χ2n) is 4.00. The van der Waals surface area contributed by atoms with Gasteiger partial charge in [0.25, 0.3) is 0 Å². The number of nitrogens with one attached hydrogen (secondary N) is 1. The highest BCUT2D eigenvalue weighted by Gasteiger charge is 2.36. The molecule has 1 aromatic rings. The summed E-state index contributed by atoms with van der Waals surface area (Å²) in [7, 11) is 0. The Kier molecular flexibility index (Phi) is 1.71. The Hall–Kier alpha value is -1.58. The lowest BCUT2D eigenvalue weighted by molar-refractivity contribution is -0.117. The van der Waals surface area contributed by atoms with Crippen molar-refractivity contribution in [1.29, 1.82) is 0 Å². The fraction of sp³-hybridized carbons (Fsp3) is 0.364. The first-order valence-electron chi connectivity index (χ1n) is 5.13. The Morgan fingerprint density at radius 1 is 1.47 bits per heavy atom. The smallest absolute Gasteiger partial charge is 0.247 e. The number of carbonyl (C=O) groups is 1. The van der Waals surface area contributed by atoms with Gasteiger partial charge in [0.1, 0.15) is 11.9 Å². The first-order chi connectivity index (χ1) is 7.25. The molecule has 0 aromatic heterocycles. The molecule has 0 radical (unpaired) electrons. The monoisotopic (exact) mass is 206 g/mol. The summed E-state index contributed by atoms with van der Waals surface area (Å²) in [6, 6.07) is 4.50. The number of hydrogen-bond donors (Lipinski definition) is 1. The van der Waals surface area contributed by atoms with E-state index in [1.54, 1.807) is 6.07 Å². The summed E-state index contributed by atoms with van der Waals surface area (Å²) >= 11 is 0. The van der Waals surface area contributed by atoms with Crippen molar-refractivity contribution >= 4 is 17.3 Å². The maximum Gasteiger partial charge on any atom is 0.247 e. The Morgan fingerprint density at radius 3 is 3.20 bits per heavy atom. The Balaban J connectivity index is 2.11. The van der Waals surface area contributed by atoms with Crippen molar-refractivity contribution < 1.29 is 9.18 Å². The Bertz CT molecular complexity index is 433. The van der Waals surface area contributed by atoms with E-state index in [1.165, 1.54) is 12.1 Å². The molecule has 4 heteroatoms. The van der Waals surface area contributed by atoms with Crippen LogP contribution in [0.25, 0.3) is 0 Å². The summed E-state index contributed by atoms with van der Waals surface area (Å²) < 4.78 is 13.0. The minimum atomic E-state index is -0.313. The second-order valence-corrected chi connectivity index (χ2v) is 4.00. The fourth-order valence-electron chi connectivity index (χ4n) is 2.40. The molecule has 3 nitrogen and oxygen atoms in total. The van der Waals surface area contributed by atoms with Crippen LogP contribution in [0.15, 0.2) is 18.2 Å². The highest BCUT2D eigenvalue weighted by Crippen LogP contribution is 2.36. The average molecular weight is 206 g/mol. The molecular formula is C11H11FN2O. The van der Waals surface area contributed by atoms with Gasteiger partial charge in [-0.25, -0.2) is 4.39 Å². The summed E-state index contributed by atoms with van der Waals surface area (Å²) in [5.74, 6) is -0.322. The number of rotatable bonds is 0. The third kappa shape index (κ3) is 1.21. The molecule has 78 valence electrons. The highest BCUT2D eigenvalue weighted by molar-refractivity contribution is 6.03. The van der Waals surface area contributed by atoms with E-state index in [0.29, 0.717) is 5.69 Å². The van der Waals surface area contributed by atoms with Crippen molar-refractivity contribution in [3.05, 3.63) is 24.0 Å². The van der Waals surface area contributed by atoms with E-state index in [0.717, 1.165) is 25.1 Å². The van der Waals surface area contributed by atoms with Gasteiger partial charge >= 0.3 is 0 Å². The molecule has 0 spiro atoms. The predicted molar refractivity (Wildman–Crippen MR) is 55.4 cm³/mol. The molecule has 15 heavy (non-hydrogen) atoms. The van der Waals surface area contributed by atoms with Crippen molar-refractivity contribution in [1.82, 2.24) is 0 Å². The van der Waals surface area contributed by atoms with Gasteiger partial charge in [0.2, 0.25) is 5.91 Å². The molecule has 1 N–H and O–H groups in total. The third-order valence-electron chi connectivity index (χ3n) is 3.08. The molecule has 0 unspecified atom stereocenters. The van der Waals surface area contributed by atoms with Crippen LogP contribution in [-0.4, -0.2) is 18.5 Å². The molecule has 1 aromatic carbocycles. The van der Waals surface area contributed by atoms with Crippen LogP contribution < -0.4 is 10.2 Å². The van der Waals surface area contributed by atoms with Crippen molar-refractivity contribution in [3.8, 4) is 0 Å². The van der Waals surface area contributed by atoms with Crippen LogP contribution in [0.3, 0.4) is 0 Å². The summed E-state index contributed by atoms with van der Waals surface area (Å²) in [6.07, 6.45) is 1.91. The summed E-state index contributed by atoms with van der Waals surface area (Å²) in [4.78, 5) is 13.7. The van der Waals surface area contributed by atoms with Gasteiger partial charge in [0.15, 0.2) is 0 Å². The minimum Gasteiger partial charge on any atom is -0.358 e. The number of fused-ring (bicyclic) bond motifs is 3. The summed E-state index contributed by atoms with van der Waals surface area (Å²) in [5, 5.41) is 2.75. The van der Waals surface area contributed by atoms with Gasteiger partial charge < -0.3 is 10.2 Å². The molecule has 3 rings (SSSR count). The van der Waals surface area contributed by atoms with Crippen LogP contribution >= 0.6 is 0 Å². The van der Waals surface area contributed by atoms with Gasteiger partial charge in [0, 0.05) is 6.54 Å². The maximum absolute atomic E-state index is 13.0. The molecule has 0 aliphatic carbocycles. The maximum atomic E-state index is 13.0. The van der Waals surface area contributed by atoms with Gasteiger partial charge in [0.05, 0.1) is 11.4 Å². The molecule has 0 bridgehead atoms. The molecule has 1 fully saturated rings. The first-order valence-corrected chi connectivity index (χ1v) is 5.13. The lowest BCUT2D eigenvalue weighted by atomic mass is 10.1. The van der Waals surface area contributed by atoms with E-state index in [1.807, 2.05) is 0 Å². The topological polar surface area (TPSA) is 32.3 Å². The van der Waals surface area contributed by atoms with Gasteiger partial charge in [-0.05, 0) is 31.0 Å². The van der Waals surface area contributed by atoms with Gasteiger partial charge in [-0.3, -0.25) is 4.79 Å². The van der Waals surface area contributed by atoms with Crippen LogP contribution in [0.1, 0.15) is 12.8 Å². The van der Waals surface area contributed by atoms with Gasteiger partial charge in [-0.1, -0.05) is 0 Å². The largest absolute Gasteiger partial charge is 0.358 e. The Morgan fingerprint density at radius 2 is 2.33 bits per heavy atom. The highest BCUT2D eigenvalue weighted by atomic mass is 19.1. The standard InChI is InChI=1S/C11H11FN2O/c12-7-3-4-9-8(6-7)13-11(15)10-2-1-5-14(9)10/h3-4,6,10H,1-2,5H2,(H,13,15)/t10-/m0/s1. The number of anilines is 2. The van der Waals surface area contributed by atoms with Crippen molar-refractivity contribution in [2.45, 2.75) is 18.9 Å². The van der Waals surface area contributed by atoms with E-state index >= 15 is 0 Å². The van der Waals surface area contributed by atoms with Gasteiger partial charge in [-0.2, -0.15) is 0 Å². The van der Waals surface area contributed by atoms with E-state index < -0.39 is 0 Å². The van der Waals surface area contributed by atoms with Gasteiger partial charge in [-0.15, -0.1) is 0 Å². The number of carbonyl (C=O) groups excluding carboxylic acids is 1. The third-order valence-corrected chi connectivity index (χ3v) is 3.08. The second kappa shape index (κ2) is 2.95. The van der Waals surface area contributed by atoms with E-state index in [4.69, 9.17) is 0 Å². The lowest BCUT2D eigenvalue weighted by Crippen LogP contribution is -2.43. The van der Waals surface area contributed by atoms with Crippen LogP contribution in [-0.2, 0) is 4.79 Å². The zero-order chi connectivity index (χ0) is 10.4. The molecule has 2 heterocycles. The predicted octanol–water partition coefficient (Wildman–Crippen LogP) is 1.75. The Labute approximate surface area is 86.9 Å². The van der Waals surface area contributed by atoms with Crippen molar-refractivity contribution in [2.24, 2.45) is 0 Å². The average Bonchev–Trinajstić information content (AvgIpc) is 2.66. The van der Waals surface area contributed by atoms with E-state index in [-0.39, 0.29) is 17.8 Å². The molecule has 1 amide bonds. The number of benzene rings is 1. The minimum absolute atomic E-state index is 0.00870. The molecule has 2 aliphatic heterocycles. The zero-order valence-corrected chi connectivity index (χ0v) is 8.16. The molecule has 0 saturated carbocycles. The SMILES string of the molecule is O=C1Nc2cc(F)ccc2N2CCC[C@@H]12. The van der Waals surface area contributed by atoms with Crippen molar-refractivity contribution in [3.63, 3.8) is 0 Å². The number of nitrogens with zero attached hydrogens (tertiary/aromatic N) is 1. The summed E-state index contributed by atoms with van der Waals surface area (Å²) in [6.45, 7) is 0.886. The fourth-order valence-corrected chi connectivity index (χ4v) is 2.40. The quantitative estimate of drug-likeness (QED) is 0.701. The first kappa shape index (κ1) is 8.71. The molecule has 2 aliphatic rings. The van der Waals surface area contributed by atoms with Crippen LogP contribution in [0.2, 0.25) is 0 Å². The van der Waals surface area contributed by atoms with Crippen LogP contribution in [0.4, 0.5) is 15.8 Å². The molecule has 1 saturated heterocycles. The summed E-state index contributed by atoms with van der Waals surface area (Å²) in [5.41, 5.74) is 1.54. The lowest BCUT2D eigenvalue weighted by Gasteiger charge is -2.32. The zero-order valence-electron chi connectivity index (χ0n) is 8.16. The van der Waals surface area contributed by atoms with Crippen molar-refractivity contribution in [2.75, 3.05) is 16.8 Å². The normalized spacial score (nSPS) is 23.4. The number of hydrogen-bond acceptors (Lipinski definition) is 2. The molecule has 1 atom stereocenters. The number of halogens is 1. The molecular weight excluding hydrogens is 195 g/mol. The van der Waals surface area contributed by atoms with Crippen LogP contribution in [0, 0.1) is 5.82 Å². The van der Waals surface area contributed by atoms with E-state index in [9.17, 15) is 9.18 Å². The van der Waals surface area contributed by atoms with Crippen LogP contribution in [0.5, 0.6) is 0 Å². The van der Waals surface area contributed by atoms with E-state index in [2.05, 4.69) is 10.2 Å².